The summed E-state index contributed by atoms with van der Waals surface area (Å²) in [5, 5.41) is 7.47. The molecular formula is C11H8N4O. The number of benzene rings is 1. The molecule has 0 unspecified atom stereocenters. The Hall–Kier alpha value is -2.43. The van der Waals surface area contributed by atoms with E-state index in [4.69, 9.17) is 0 Å². The highest BCUT2D eigenvalue weighted by molar-refractivity contribution is 5.75. The van der Waals surface area contributed by atoms with E-state index in [9.17, 15) is 4.79 Å². The Morgan fingerprint density at radius 3 is 2.75 bits per heavy atom. The van der Waals surface area contributed by atoms with Crippen LogP contribution in [0.5, 0.6) is 0 Å². The highest BCUT2D eigenvalue weighted by Crippen LogP contribution is 2.11. The van der Waals surface area contributed by atoms with Gasteiger partial charge in [0, 0.05) is 6.20 Å². The third-order valence-corrected chi connectivity index (χ3v) is 2.39. The van der Waals surface area contributed by atoms with Crippen molar-refractivity contribution in [2.45, 2.75) is 0 Å². The monoisotopic (exact) mass is 212 g/mol. The van der Waals surface area contributed by atoms with Crippen molar-refractivity contribution in [3.8, 4) is 5.69 Å². The second kappa shape index (κ2) is 3.30. The first-order valence-electron chi connectivity index (χ1n) is 4.85. The summed E-state index contributed by atoms with van der Waals surface area (Å²) >= 11 is 0. The van der Waals surface area contributed by atoms with E-state index in [1.54, 1.807) is 16.9 Å². The van der Waals surface area contributed by atoms with Gasteiger partial charge in [-0.05, 0) is 18.2 Å². The quantitative estimate of drug-likeness (QED) is 0.657. The smallest absolute Gasteiger partial charge is 0.315 e. The SMILES string of the molecule is O=c1nnn(-c2ccccc2)c2cc[nH]c12. The minimum Gasteiger partial charge on any atom is -0.355 e. The predicted octanol–water partition coefficient (Wildman–Crippen LogP) is 1.11. The molecule has 5 heteroatoms. The molecule has 2 heterocycles. The van der Waals surface area contributed by atoms with Gasteiger partial charge in [-0.25, -0.2) is 4.68 Å². The molecule has 1 N–H and O–H groups in total. The molecule has 3 aromatic rings. The van der Waals surface area contributed by atoms with Crippen LogP contribution in [0.1, 0.15) is 0 Å². The summed E-state index contributed by atoms with van der Waals surface area (Å²) in [5.74, 6) is 0. The van der Waals surface area contributed by atoms with Gasteiger partial charge in [0.15, 0.2) is 0 Å². The van der Waals surface area contributed by atoms with Crippen molar-refractivity contribution in [2.75, 3.05) is 0 Å². The molecule has 5 nitrogen and oxygen atoms in total. The molecule has 16 heavy (non-hydrogen) atoms. The molecule has 0 aliphatic carbocycles. The van der Waals surface area contributed by atoms with Crippen molar-refractivity contribution >= 4 is 11.0 Å². The summed E-state index contributed by atoms with van der Waals surface area (Å²) in [7, 11) is 0. The zero-order chi connectivity index (χ0) is 11.0. The van der Waals surface area contributed by atoms with Crippen molar-refractivity contribution in [1.29, 1.82) is 0 Å². The van der Waals surface area contributed by atoms with E-state index >= 15 is 0 Å². The minimum atomic E-state index is -0.341. The Bertz CT molecular complexity index is 684. The number of nitrogens with zero attached hydrogens (tertiary/aromatic N) is 3. The first kappa shape index (κ1) is 8.84. The normalized spacial score (nSPS) is 10.8. The number of rotatable bonds is 1. The van der Waals surface area contributed by atoms with Gasteiger partial charge in [-0.15, -0.1) is 0 Å². The third-order valence-electron chi connectivity index (χ3n) is 2.39. The summed E-state index contributed by atoms with van der Waals surface area (Å²) in [6.45, 7) is 0. The fourth-order valence-electron chi connectivity index (χ4n) is 1.65. The van der Waals surface area contributed by atoms with Gasteiger partial charge in [0.2, 0.25) is 0 Å². The first-order valence-corrected chi connectivity index (χ1v) is 4.85. The molecule has 1 aromatic carbocycles. The molecule has 2 aromatic heterocycles. The van der Waals surface area contributed by atoms with E-state index in [1.165, 1.54) is 0 Å². The van der Waals surface area contributed by atoms with Gasteiger partial charge >= 0.3 is 5.56 Å². The maximum atomic E-state index is 11.4. The fourth-order valence-corrected chi connectivity index (χ4v) is 1.65. The lowest BCUT2D eigenvalue weighted by molar-refractivity contribution is 0.761. The second-order valence-corrected chi connectivity index (χ2v) is 3.38. The summed E-state index contributed by atoms with van der Waals surface area (Å²) < 4.78 is 1.63. The number of aromatic amines is 1. The minimum absolute atomic E-state index is 0.341. The zero-order valence-electron chi connectivity index (χ0n) is 8.29. The lowest BCUT2D eigenvalue weighted by Crippen LogP contribution is -2.15. The third kappa shape index (κ3) is 1.22. The Labute approximate surface area is 90.3 Å². The van der Waals surface area contributed by atoms with Crippen molar-refractivity contribution in [3.05, 3.63) is 52.9 Å². The molecule has 0 fully saturated rings. The van der Waals surface area contributed by atoms with Crippen LogP contribution in [-0.4, -0.2) is 20.0 Å². The molecule has 78 valence electrons. The number of hydrogen-bond acceptors (Lipinski definition) is 3. The summed E-state index contributed by atoms with van der Waals surface area (Å²) in [6, 6.07) is 11.4. The van der Waals surface area contributed by atoms with Gasteiger partial charge in [-0.3, -0.25) is 4.79 Å². The highest BCUT2D eigenvalue weighted by atomic mass is 16.1. The Kier molecular flexibility index (Phi) is 1.83. The molecule has 3 rings (SSSR count). The van der Waals surface area contributed by atoms with Crippen LogP contribution >= 0.6 is 0 Å². The molecule has 0 atom stereocenters. The van der Waals surface area contributed by atoms with Crippen molar-refractivity contribution in [1.82, 2.24) is 20.0 Å². The van der Waals surface area contributed by atoms with Crippen LogP contribution in [0, 0.1) is 0 Å². The van der Waals surface area contributed by atoms with Crippen LogP contribution in [-0.2, 0) is 0 Å². The second-order valence-electron chi connectivity index (χ2n) is 3.38. The van der Waals surface area contributed by atoms with Gasteiger partial charge in [-0.2, -0.15) is 0 Å². The Morgan fingerprint density at radius 1 is 1.12 bits per heavy atom. The van der Waals surface area contributed by atoms with Crippen molar-refractivity contribution in [3.63, 3.8) is 0 Å². The van der Waals surface area contributed by atoms with Crippen molar-refractivity contribution < 1.29 is 0 Å². The summed E-state index contributed by atoms with van der Waals surface area (Å²) in [5.41, 5.74) is 1.73. The van der Waals surface area contributed by atoms with E-state index in [2.05, 4.69) is 15.3 Å². The van der Waals surface area contributed by atoms with Gasteiger partial charge in [0.1, 0.15) is 5.52 Å². The largest absolute Gasteiger partial charge is 0.355 e. The molecule has 0 amide bonds. The van der Waals surface area contributed by atoms with E-state index in [0.29, 0.717) is 5.52 Å². The maximum Gasteiger partial charge on any atom is 0.315 e. The maximum absolute atomic E-state index is 11.4. The van der Waals surface area contributed by atoms with Crippen molar-refractivity contribution in [2.24, 2.45) is 0 Å². The van der Waals surface area contributed by atoms with Gasteiger partial charge in [0.05, 0.1) is 11.2 Å². The lowest BCUT2D eigenvalue weighted by Gasteiger charge is -2.04. The highest BCUT2D eigenvalue weighted by Gasteiger charge is 2.06. The summed E-state index contributed by atoms with van der Waals surface area (Å²) in [6.07, 6.45) is 1.70. The average Bonchev–Trinajstić information content (AvgIpc) is 2.81. The topological polar surface area (TPSA) is 63.6 Å². The molecule has 0 aliphatic rings. The van der Waals surface area contributed by atoms with Crippen LogP contribution in [0.2, 0.25) is 0 Å². The van der Waals surface area contributed by atoms with Crippen LogP contribution in [0.15, 0.2) is 47.4 Å². The number of fused-ring (bicyclic) bond motifs is 1. The molecule has 0 saturated carbocycles. The van der Waals surface area contributed by atoms with E-state index in [1.807, 2.05) is 30.3 Å². The fraction of sp³-hybridized carbons (Fsp3) is 0. The van der Waals surface area contributed by atoms with Crippen LogP contribution in [0.25, 0.3) is 16.7 Å². The van der Waals surface area contributed by atoms with E-state index in [-0.39, 0.29) is 5.56 Å². The Morgan fingerprint density at radius 2 is 1.94 bits per heavy atom. The molecule has 0 saturated heterocycles. The number of aromatic nitrogens is 4. The number of hydrogen-bond donors (Lipinski definition) is 1. The van der Waals surface area contributed by atoms with Gasteiger partial charge in [0.25, 0.3) is 0 Å². The molecule has 0 bridgehead atoms. The average molecular weight is 212 g/mol. The van der Waals surface area contributed by atoms with Crippen LogP contribution < -0.4 is 5.56 Å². The number of para-hydroxylation sites is 1. The number of H-pyrrole nitrogens is 1. The molecule has 0 aliphatic heterocycles. The van der Waals surface area contributed by atoms with Crippen LogP contribution in [0.4, 0.5) is 0 Å². The molecular weight excluding hydrogens is 204 g/mol. The molecule has 0 radical (unpaired) electrons. The Balaban J connectivity index is 2.37. The molecule has 0 spiro atoms. The van der Waals surface area contributed by atoms with E-state index in [0.717, 1.165) is 11.2 Å². The zero-order valence-corrected chi connectivity index (χ0v) is 8.29. The van der Waals surface area contributed by atoms with E-state index < -0.39 is 0 Å². The van der Waals surface area contributed by atoms with Crippen LogP contribution in [0.3, 0.4) is 0 Å². The lowest BCUT2D eigenvalue weighted by atomic mass is 10.3. The summed E-state index contributed by atoms with van der Waals surface area (Å²) in [4.78, 5) is 14.3. The predicted molar refractivity (Wildman–Crippen MR) is 59.5 cm³/mol. The first-order chi connectivity index (χ1) is 7.86. The van der Waals surface area contributed by atoms with Gasteiger partial charge in [-0.1, -0.05) is 28.5 Å². The van der Waals surface area contributed by atoms with Gasteiger partial charge < -0.3 is 4.98 Å². The standard InChI is InChI=1S/C11H8N4O/c16-11-10-9(6-7-12-10)15(14-13-11)8-4-2-1-3-5-8/h1-7,12H. The number of nitrogens with one attached hydrogen (secondary N) is 1.